The van der Waals surface area contributed by atoms with Gasteiger partial charge in [-0.25, -0.2) is 0 Å². The van der Waals surface area contributed by atoms with Gasteiger partial charge in [-0.05, 0) is 7.05 Å². The quantitative estimate of drug-likeness (QED) is 0.554. The van der Waals surface area contributed by atoms with E-state index >= 15 is 0 Å². The summed E-state index contributed by atoms with van der Waals surface area (Å²) in [6.45, 7) is 5.51. The molecule has 2 rings (SSSR count). The standard InChI is InChI=1S/C11H23N2/c1-12-7-5-11(6-8-12)13(2)9-3-4-10-13/h11H,3-10H2,1-2H3/q+1. The van der Waals surface area contributed by atoms with Crippen LogP contribution in [0.1, 0.15) is 25.7 Å². The molecule has 2 heterocycles. The molecule has 2 heteroatoms. The number of nitrogens with zero attached hydrogens (tertiary/aromatic N) is 2. The maximum atomic E-state index is 2.48. The first-order valence-electron chi connectivity index (χ1n) is 5.73. The molecule has 0 unspecified atom stereocenters. The van der Waals surface area contributed by atoms with Gasteiger partial charge in [-0.15, -0.1) is 0 Å². The third-order valence-electron chi connectivity index (χ3n) is 4.16. The molecule has 0 aromatic heterocycles. The maximum Gasteiger partial charge on any atom is 0.0913 e. The van der Waals surface area contributed by atoms with E-state index in [1.807, 2.05) is 0 Å². The Bertz CT molecular complexity index is 165. The van der Waals surface area contributed by atoms with Crippen molar-refractivity contribution < 1.29 is 4.48 Å². The van der Waals surface area contributed by atoms with Gasteiger partial charge in [-0.1, -0.05) is 0 Å². The molecule has 2 fully saturated rings. The van der Waals surface area contributed by atoms with Crippen molar-refractivity contribution in [2.75, 3.05) is 40.3 Å². The van der Waals surface area contributed by atoms with Crippen molar-refractivity contribution in [3.63, 3.8) is 0 Å². The van der Waals surface area contributed by atoms with Crippen LogP contribution in [0.3, 0.4) is 0 Å². The van der Waals surface area contributed by atoms with Crippen molar-refractivity contribution in [3.05, 3.63) is 0 Å². The van der Waals surface area contributed by atoms with Crippen LogP contribution < -0.4 is 0 Å². The van der Waals surface area contributed by atoms with Crippen molar-refractivity contribution in [2.24, 2.45) is 0 Å². The van der Waals surface area contributed by atoms with Gasteiger partial charge in [0.1, 0.15) is 0 Å². The average molecular weight is 183 g/mol. The Morgan fingerprint density at radius 3 is 2.15 bits per heavy atom. The lowest BCUT2D eigenvalue weighted by Gasteiger charge is -2.42. The second-order valence-electron chi connectivity index (χ2n) is 5.17. The molecular weight excluding hydrogens is 160 g/mol. The first-order chi connectivity index (χ1) is 6.21. The second-order valence-corrected chi connectivity index (χ2v) is 5.17. The number of hydrogen-bond donors (Lipinski definition) is 0. The summed E-state index contributed by atoms with van der Waals surface area (Å²) in [6.07, 6.45) is 5.77. The molecule has 0 atom stereocenters. The highest BCUT2D eigenvalue weighted by atomic mass is 15.4. The fraction of sp³-hybridized carbons (Fsp3) is 1.00. The van der Waals surface area contributed by atoms with E-state index < -0.39 is 0 Å². The molecule has 2 aliphatic rings. The van der Waals surface area contributed by atoms with Gasteiger partial charge in [0.25, 0.3) is 0 Å². The van der Waals surface area contributed by atoms with E-state index in [0.717, 1.165) is 6.04 Å². The van der Waals surface area contributed by atoms with Crippen molar-refractivity contribution >= 4 is 0 Å². The molecule has 0 N–H and O–H groups in total. The minimum Gasteiger partial charge on any atom is -0.324 e. The van der Waals surface area contributed by atoms with E-state index in [1.165, 1.54) is 56.3 Å². The number of piperidine rings is 1. The van der Waals surface area contributed by atoms with E-state index in [4.69, 9.17) is 0 Å². The van der Waals surface area contributed by atoms with Crippen LogP contribution in [-0.4, -0.2) is 55.7 Å². The van der Waals surface area contributed by atoms with Gasteiger partial charge in [0, 0.05) is 38.8 Å². The van der Waals surface area contributed by atoms with Crippen LogP contribution >= 0.6 is 0 Å². The molecule has 0 aromatic rings. The Balaban J connectivity index is 1.93. The summed E-state index contributed by atoms with van der Waals surface area (Å²) in [4.78, 5) is 2.47. The summed E-state index contributed by atoms with van der Waals surface area (Å²) in [6, 6.07) is 0.971. The number of rotatable bonds is 1. The van der Waals surface area contributed by atoms with Crippen LogP contribution in [0.25, 0.3) is 0 Å². The van der Waals surface area contributed by atoms with Crippen LogP contribution in [-0.2, 0) is 0 Å². The highest BCUT2D eigenvalue weighted by molar-refractivity contribution is 4.72. The van der Waals surface area contributed by atoms with Crippen LogP contribution in [0.5, 0.6) is 0 Å². The highest BCUT2D eigenvalue weighted by Crippen LogP contribution is 2.27. The monoisotopic (exact) mass is 183 g/mol. The smallest absolute Gasteiger partial charge is 0.0913 e. The van der Waals surface area contributed by atoms with Crippen LogP contribution in [0.4, 0.5) is 0 Å². The van der Waals surface area contributed by atoms with Gasteiger partial charge in [-0.2, -0.15) is 0 Å². The van der Waals surface area contributed by atoms with Crippen LogP contribution in [0.2, 0.25) is 0 Å². The average Bonchev–Trinajstić information content (AvgIpc) is 2.54. The Morgan fingerprint density at radius 2 is 1.62 bits per heavy atom. The molecule has 2 nitrogen and oxygen atoms in total. The minimum absolute atomic E-state index is 0.971. The fourth-order valence-corrected chi connectivity index (χ4v) is 3.04. The van der Waals surface area contributed by atoms with E-state index in [2.05, 4.69) is 19.0 Å². The first kappa shape index (κ1) is 9.47. The largest absolute Gasteiger partial charge is 0.324 e. The first-order valence-corrected chi connectivity index (χ1v) is 5.73. The van der Waals surface area contributed by atoms with E-state index in [0.29, 0.717) is 0 Å². The molecule has 76 valence electrons. The Morgan fingerprint density at radius 1 is 1.08 bits per heavy atom. The Hall–Kier alpha value is -0.0800. The topological polar surface area (TPSA) is 3.24 Å². The summed E-state index contributed by atoms with van der Waals surface area (Å²) in [7, 11) is 4.73. The summed E-state index contributed by atoms with van der Waals surface area (Å²) in [5.74, 6) is 0. The van der Waals surface area contributed by atoms with E-state index in [9.17, 15) is 0 Å². The van der Waals surface area contributed by atoms with Crippen molar-refractivity contribution in [1.29, 1.82) is 0 Å². The molecule has 13 heavy (non-hydrogen) atoms. The molecule has 2 saturated heterocycles. The van der Waals surface area contributed by atoms with Gasteiger partial charge < -0.3 is 9.38 Å². The van der Waals surface area contributed by atoms with E-state index in [-0.39, 0.29) is 0 Å². The summed E-state index contributed by atoms with van der Waals surface area (Å²) >= 11 is 0. The van der Waals surface area contributed by atoms with Gasteiger partial charge in [-0.3, -0.25) is 0 Å². The Kier molecular flexibility index (Phi) is 2.61. The molecule has 0 bridgehead atoms. The molecule has 0 saturated carbocycles. The van der Waals surface area contributed by atoms with Gasteiger partial charge in [0.15, 0.2) is 0 Å². The molecule has 0 radical (unpaired) electrons. The van der Waals surface area contributed by atoms with Crippen molar-refractivity contribution in [1.82, 2.24) is 4.90 Å². The predicted molar refractivity (Wildman–Crippen MR) is 55.7 cm³/mol. The lowest BCUT2D eigenvalue weighted by atomic mass is 10.0. The molecule has 0 amide bonds. The zero-order valence-electron chi connectivity index (χ0n) is 9.13. The summed E-state index contributed by atoms with van der Waals surface area (Å²) in [5.41, 5.74) is 0. The van der Waals surface area contributed by atoms with Gasteiger partial charge in [0.2, 0.25) is 0 Å². The second kappa shape index (κ2) is 3.58. The summed E-state index contributed by atoms with van der Waals surface area (Å²) in [5, 5.41) is 0. The molecule has 0 spiro atoms. The van der Waals surface area contributed by atoms with Crippen LogP contribution in [0.15, 0.2) is 0 Å². The molecular formula is C11H23N2+. The highest BCUT2D eigenvalue weighted by Gasteiger charge is 2.36. The Labute approximate surface area is 82.1 Å². The normalized spacial score (nSPS) is 30.9. The lowest BCUT2D eigenvalue weighted by Crippen LogP contribution is -2.53. The third kappa shape index (κ3) is 1.89. The zero-order chi connectivity index (χ0) is 9.31. The van der Waals surface area contributed by atoms with Gasteiger partial charge in [0.05, 0.1) is 26.2 Å². The minimum atomic E-state index is 0.971. The number of hydrogen-bond acceptors (Lipinski definition) is 1. The van der Waals surface area contributed by atoms with E-state index in [1.54, 1.807) is 0 Å². The number of quaternary nitrogens is 1. The molecule has 2 aliphatic heterocycles. The summed E-state index contributed by atoms with van der Waals surface area (Å²) < 4.78 is 1.38. The lowest BCUT2D eigenvalue weighted by molar-refractivity contribution is -0.923. The maximum absolute atomic E-state index is 2.48. The number of likely N-dealkylation sites (tertiary alicyclic amines) is 2. The van der Waals surface area contributed by atoms with Crippen LogP contribution in [0, 0.1) is 0 Å². The van der Waals surface area contributed by atoms with Gasteiger partial charge >= 0.3 is 0 Å². The van der Waals surface area contributed by atoms with Crippen molar-refractivity contribution in [2.45, 2.75) is 31.7 Å². The predicted octanol–water partition coefficient (Wildman–Crippen LogP) is 1.32. The zero-order valence-corrected chi connectivity index (χ0v) is 9.13. The third-order valence-corrected chi connectivity index (χ3v) is 4.16. The molecule has 0 aliphatic carbocycles. The SMILES string of the molecule is CN1CCC([N+]2(C)CCCC2)CC1. The molecule has 0 aromatic carbocycles. The fourth-order valence-electron chi connectivity index (χ4n) is 3.04. The van der Waals surface area contributed by atoms with Crippen molar-refractivity contribution in [3.8, 4) is 0 Å².